The van der Waals surface area contributed by atoms with Crippen LogP contribution in [0.2, 0.25) is 0 Å². The van der Waals surface area contributed by atoms with Crippen molar-refractivity contribution in [1.82, 2.24) is 0 Å². The lowest BCUT2D eigenvalue weighted by Crippen LogP contribution is -2.10. The molecule has 1 aliphatic rings. The van der Waals surface area contributed by atoms with Gasteiger partial charge in [-0.2, -0.15) is 0 Å². The number of rotatable bonds is 4. The van der Waals surface area contributed by atoms with Crippen LogP contribution in [0.25, 0.3) is 6.08 Å². The third-order valence-electron chi connectivity index (χ3n) is 2.98. The minimum atomic E-state index is -0.0183. The molecule has 1 aromatic rings. The topological polar surface area (TPSA) is 35.2 Å². The molecule has 0 atom stereocenters. The second-order valence-corrected chi connectivity index (χ2v) is 3.92. The summed E-state index contributed by atoms with van der Waals surface area (Å²) in [5.74, 6) is 0. The Morgan fingerprint density at radius 1 is 1.40 bits per heavy atom. The van der Waals surface area contributed by atoms with E-state index in [-0.39, 0.29) is 5.60 Å². The van der Waals surface area contributed by atoms with Crippen molar-refractivity contribution in [2.75, 3.05) is 13.7 Å². The highest BCUT2D eigenvalue weighted by Crippen LogP contribution is 2.49. The van der Waals surface area contributed by atoms with Gasteiger partial charge in [-0.15, -0.1) is 0 Å². The SMILES string of the molecule is COC1(c2ccccc2/C=C/CN)CC1. The molecule has 0 spiro atoms. The summed E-state index contributed by atoms with van der Waals surface area (Å²) in [7, 11) is 1.79. The zero-order valence-electron chi connectivity index (χ0n) is 9.07. The Morgan fingerprint density at radius 2 is 2.13 bits per heavy atom. The Kier molecular flexibility index (Phi) is 2.89. The lowest BCUT2D eigenvalue weighted by Gasteiger charge is -2.16. The zero-order valence-corrected chi connectivity index (χ0v) is 9.07. The summed E-state index contributed by atoms with van der Waals surface area (Å²) in [6.07, 6.45) is 6.30. The molecule has 2 nitrogen and oxygen atoms in total. The smallest absolute Gasteiger partial charge is 0.0935 e. The van der Waals surface area contributed by atoms with Gasteiger partial charge in [-0.1, -0.05) is 36.4 Å². The van der Waals surface area contributed by atoms with Crippen molar-refractivity contribution >= 4 is 6.08 Å². The Balaban J connectivity index is 2.34. The van der Waals surface area contributed by atoms with E-state index >= 15 is 0 Å². The number of hydrogen-bond acceptors (Lipinski definition) is 2. The third kappa shape index (κ3) is 1.96. The number of methoxy groups -OCH3 is 1. The summed E-state index contributed by atoms with van der Waals surface area (Å²) in [5, 5.41) is 0. The molecule has 15 heavy (non-hydrogen) atoms. The van der Waals surface area contributed by atoms with E-state index in [4.69, 9.17) is 10.5 Å². The van der Waals surface area contributed by atoms with Crippen LogP contribution < -0.4 is 5.73 Å². The molecule has 80 valence electrons. The molecule has 1 aromatic carbocycles. The van der Waals surface area contributed by atoms with Gasteiger partial charge in [0.05, 0.1) is 5.60 Å². The van der Waals surface area contributed by atoms with Crippen LogP contribution in [0.5, 0.6) is 0 Å². The largest absolute Gasteiger partial charge is 0.374 e. The molecule has 0 bridgehead atoms. The first-order chi connectivity index (χ1) is 7.32. The van der Waals surface area contributed by atoms with Crippen molar-refractivity contribution in [3.05, 3.63) is 41.5 Å². The number of ether oxygens (including phenoxy) is 1. The molecule has 0 heterocycles. The fourth-order valence-electron chi connectivity index (χ4n) is 1.95. The van der Waals surface area contributed by atoms with E-state index in [1.54, 1.807) is 7.11 Å². The molecule has 2 heteroatoms. The van der Waals surface area contributed by atoms with Crippen LogP contribution in [0.15, 0.2) is 30.3 Å². The van der Waals surface area contributed by atoms with Crippen LogP contribution in [-0.2, 0) is 10.3 Å². The maximum absolute atomic E-state index is 5.59. The average molecular weight is 203 g/mol. The fraction of sp³-hybridized carbons (Fsp3) is 0.385. The Hall–Kier alpha value is -1.12. The van der Waals surface area contributed by atoms with Gasteiger partial charge in [0.1, 0.15) is 0 Å². The van der Waals surface area contributed by atoms with E-state index in [9.17, 15) is 0 Å². The summed E-state index contributed by atoms with van der Waals surface area (Å²) in [6.45, 7) is 0.578. The molecule has 2 N–H and O–H groups in total. The predicted molar refractivity (Wildman–Crippen MR) is 62.5 cm³/mol. The molecular formula is C13H17NO. The molecule has 0 saturated heterocycles. The average Bonchev–Trinajstić information content (AvgIpc) is 3.08. The van der Waals surface area contributed by atoms with Crippen molar-refractivity contribution in [1.29, 1.82) is 0 Å². The Labute approximate surface area is 90.7 Å². The van der Waals surface area contributed by atoms with E-state index in [1.807, 2.05) is 12.1 Å². The summed E-state index contributed by atoms with van der Waals surface area (Å²) >= 11 is 0. The number of benzene rings is 1. The second-order valence-electron chi connectivity index (χ2n) is 3.92. The van der Waals surface area contributed by atoms with Gasteiger partial charge in [-0.3, -0.25) is 0 Å². The van der Waals surface area contributed by atoms with Crippen molar-refractivity contribution in [3.63, 3.8) is 0 Å². The summed E-state index contributed by atoms with van der Waals surface area (Å²) in [5.41, 5.74) is 7.96. The molecule has 1 fully saturated rings. The Bertz CT molecular complexity index is 367. The molecular weight excluding hydrogens is 186 g/mol. The quantitative estimate of drug-likeness (QED) is 0.815. The predicted octanol–water partition coefficient (Wildman–Crippen LogP) is 2.29. The summed E-state index contributed by atoms with van der Waals surface area (Å²) in [6, 6.07) is 8.37. The first-order valence-electron chi connectivity index (χ1n) is 5.34. The van der Waals surface area contributed by atoms with Gasteiger partial charge in [0.25, 0.3) is 0 Å². The van der Waals surface area contributed by atoms with E-state index in [2.05, 4.69) is 24.3 Å². The fourth-order valence-corrected chi connectivity index (χ4v) is 1.95. The van der Waals surface area contributed by atoms with Crippen molar-refractivity contribution < 1.29 is 4.74 Å². The van der Waals surface area contributed by atoms with Gasteiger partial charge in [0, 0.05) is 13.7 Å². The van der Waals surface area contributed by atoms with Gasteiger partial charge >= 0.3 is 0 Å². The van der Waals surface area contributed by atoms with Crippen LogP contribution in [0, 0.1) is 0 Å². The van der Waals surface area contributed by atoms with Gasteiger partial charge in [0.2, 0.25) is 0 Å². The third-order valence-corrected chi connectivity index (χ3v) is 2.98. The highest BCUT2D eigenvalue weighted by Gasteiger charge is 2.45. The lowest BCUT2D eigenvalue weighted by atomic mass is 10.00. The molecule has 0 aromatic heterocycles. The molecule has 0 radical (unpaired) electrons. The van der Waals surface area contributed by atoms with E-state index in [0.29, 0.717) is 6.54 Å². The summed E-state index contributed by atoms with van der Waals surface area (Å²) < 4.78 is 5.59. The Morgan fingerprint density at radius 3 is 2.73 bits per heavy atom. The highest BCUT2D eigenvalue weighted by atomic mass is 16.5. The highest BCUT2D eigenvalue weighted by molar-refractivity contribution is 5.56. The second kappa shape index (κ2) is 4.17. The summed E-state index contributed by atoms with van der Waals surface area (Å²) in [4.78, 5) is 0. The number of hydrogen-bond donors (Lipinski definition) is 1. The molecule has 0 aliphatic heterocycles. The minimum absolute atomic E-state index is 0.0183. The molecule has 0 amide bonds. The van der Waals surface area contributed by atoms with E-state index < -0.39 is 0 Å². The van der Waals surface area contributed by atoms with Crippen LogP contribution in [0.1, 0.15) is 24.0 Å². The maximum atomic E-state index is 5.59. The van der Waals surface area contributed by atoms with Gasteiger partial charge in [-0.25, -0.2) is 0 Å². The van der Waals surface area contributed by atoms with Crippen LogP contribution in [-0.4, -0.2) is 13.7 Å². The van der Waals surface area contributed by atoms with E-state index in [0.717, 1.165) is 12.8 Å². The maximum Gasteiger partial charge on any atom is 0.0935 e. The van der Waals surface area contributed by atoms with Gasteiger partial charge in [-0.05, 0) is 24.0 Å². The molecule has 0 unspecified atom stereocenters. The van der Waals surface area contributed by atoms with Gasteiger partial charge in [0.15, 0.2) is 0 Å². The van der Waals surface area contributed by atoms with Crippen LogP contribution in [0.3, 0.4) is 0 Å². The van der Waals surface area contributed by atoms with Crippen LogP contribution in [0.4, 0.5) is 0 Å². The standard InChI is InChI=1S/C13H17NO/c1-15-13(8-9-13)12-7-3-2-5-11(12)6-4-10-14/h2-7H,8-10,14H2,1H3/b6-4+. The van der Waals surface area contributed by atoms with Crippen LogP contribution >= 0.6 is 0 Å². The minimum Gasteiger partial charge on any atom is -0.374 e. The number of nitrogens with two attached hydrogens (primary N) is 1. The molecule has 1 aliphatic carbocycles. The van der Waals surface area contributed by atoms with Crippen molar-refractivity contribution in [2.24, 2.45) is 5.73 Å². The first-order valence-corrected chi connectivity index (χ1v) is 5.34. The molecule has 1 saturated carbocycles. The zero-order chi connectivity index (χ0) is 10.7. The first kappa shape index (κ1) is 10.4. The van der Waals surface area contributed by atoms with Crippen molar-refractivity contribution in [2.45, 2.75) is 18.4 Å². The monoisotopic (exact) mass is 203 g/mol. The lowest BCUT2D eigenvalue weighted by molar-refractivity contribution is 0.0787. The molecule has 2 rings (SSSR count). The van der Waals surface area contributed by atoms with E-state index in [1.165, 1.54) is 11.1 Å². The van der Waals surface area contributed by atoms with Crippen molar-refractivity contribution in [3.8, 4) is 0 Å². The normalized spacial score (nSPS) is 18.3. The van der Waals surface area contributed by atoms with Gasteiger partial charge < -0.3 is 10.5 Å².